The molecule has 3 aromatic rings. The third-order valence-corrected chi connectivity index (χ3v) is 4.68. The normalized spacial score (nSPS) is 12.6. The van der Waals surface area contributed by atoms with Gasteiger partial charge >= 0.3 is 6.18 Å². The van der Waals surface area contributed by atoms with E-state index in [1.165, 1.54) is 25.0 Å². The van der Waals surface area contributed by atoms with Crippen molar-refractivity contribution in [3.8, 4) is 11.3 Å². The van der Waals surface area contributed by atoms with Crippen molar-refractivity contribution in [1.82, 2.24) is 4.98 Å². The maximum Gasteiger partial charge on any atom is 0.394 e. The number of hydrogen-bond acceptors (Lipinski definition) is 1. The lowest BCUT2D eigenvalue weighted by atomic mass is 9.85. The average molecular weight is 357 g/mol. The molecule has 4 heteroatoms. The summed E-state index contributed by atoms with van der Waals surface area (Å²) in [6.45, 7) is 6.57. The number of aromatic nitrogens is 1. The molecule has 2 aromatic carbocycles. The predicted octanol–water partition coefficient (Wildman–Crippen LogP) is 6.65. The Labute approximate surface area is 151 Å². The van der Waals surface area contributed by atoms with E-state index < -0.39 is 11.6 Å². The first kappa shape index (κ1) is 18.4. The lowest BCUT2D eigenvalue weighted by Gasteiger charge is -2.27. The summed E-state index contributed by atoms with van der Waals surface area (Å²) in [7, 11) is 0. The van der Waals surface area contributed by atoms with Crippen molar-refractivity contribution >= 4 is 10.9 Å². The van der Waals surface area contributed by atoms with Crippen molar-refractivity contribution < 1.29 is 13.2 Å². The minimum absolute atomic E-state index is 0.0503. The van der Waals surface area contributed by atoms with Crippen LogP contribution in [0.4, 0.5) is 13.2 Å². The van der Waals surface area contributed by atoms with Crippen molar-refractivity contribution in [1.29, 1.82) is 0 Å². The van der Waals surface area contributed by atoms with Gasteiger partial charge in [-0.2, -0.15) is 13.2 Å². The lowest BCUT2D eigenvalue weighted by molar-refractivity contribution is -0.211. The number of aryl methyl sites for hydroxylation is 2. The maximum atomic E-state index is 13.1. The van der Waals surface area contributed by atoms with Gasteiger partial charge in [-0.3, -0.25) is 0 Å². The quantitative estimate of drug-likeness (QED) is 0.511. The van der Waals surface area contributed by atoms with Crippen LogP contribution in [0.1, 0.15) is 30.5 Å². The minimum Gasteiger partial charge on any atom is -0.248 e. The highest BCUT2D eigenvalue weighted by atomic mass is 19.4. The Bertz CT molecular complexity index is 935. The molecule has 0 saturated heterocycles. The highest BCUT2D eigenvalue weighted by Gasteiger charge is 2.46. The molecule has 0 unspecified atom stereocenters. The summed E-state index contributed by atoms with van der Waals surface area (Å²) >= 11 is 0. The van der Waals surface area contributed by atoms with E-state index in [4.69, 9.17) is 4.98 Å². The Morgan fingerprint density at radius 3 is 2.12 bits per heavy atom. The summed E-state index contributed by atoms with van der Waals surface area (Å²) in [6, 6.07) is 15.5. The molecule has 0 N–H and O–H groups in total. The van der Waals surface area contributed by atoms with Crippen LogP contribution in [0.2, 0.25) is 0 Å². The van der Waals surface area contributed by atoms with Crippen LogP contribution in [0, 0.1) is 19.3 Å². The van der Waals surface area contributed by atoms with Gasteiger partial charge in [0.15, 0.2) is 0 Å². The van der Waals surface area contributed by atoms with Gasteiger partial charge in [-0.15, -0.1) is 0 Å². The van der Waals surface area contributed by atoms with Crippen LogP contribution < -0.4 is 0 Å². The van der Waals surface area contributed by atoms with Gasteiger partial charge in [0.1, 0.15) is 0 Å². The Morgan fingerprint density at radius 1 is 0.846 bits per heavy atom. The van der Waals surface area contributed by atoms with E-state index in [9.17, 15) is 13.2 Å². The number of alkyl halides is 3. The summed E-state index contributed by atoms with van der Waals surface area (Å²) in [6.07, 6.45) is -4.28. The third-order valence-electron chi connectivity index (χ3n) is 4.68. The highest BCUT2D eigenvalue weighted by molar-refractivity contribution is 5.82. The molecular formula is C22H22F3N. The van der Waals surface area contributed by atoms with Crippen LogP contribution in [0.5, 0.6) is 0 Å². The first-order valence-corrected chi connectivity index (χ1v) is 8.60. The molecule has 136 valence electrons. The summed E-state index contributed by atoms with van der Waals surface area (Å²) in [5.41, 5.74) is 3.96. The smallest absolute Gasteiger partial charge is 0.248 e. The van der Waals surface area contributed by atoms with Gasteiger partial charge in [0.05, 0.1) is 16.6 Å². The summed E-state index contributed by atoms with van der Waals surface area (Å²) in [5.74, 6) is 0. The topological polar surface area (TPSA) is 12.9 Å². The molecule has 3 rings (SSSR count). The Balaban J connectivity index is 1.96. The monoisotopic (exact) mass is 357 g/mol. The summed E-state index contributed by atoms with van der Waals surface area (Å²) in [4.78, 5) is 4.69. The molecule has 0 aliphatic heterocycles. The lowest BCUT2D eigenvalue weighted by Crippen LogP contribution is -2.34. The van der Waals surface area contributed by atoms with E-state index in [-0.39, 0.29) is 6.42 Å². The molecule has 0 saturated carbocycles. The summed E-state index contributed by atoms with van der Waals surface area (Å²) < 4.78 is 39.4. The fourth-order valence-corrected chi connectivity index (χ4v) is 3.18. The molecular weight excluding hydrogens is 335 g/mol. The molecule has 0 bridgehead atoms. The van der Waals surface area contributed by atoms with Gasteiger partial charge < -0.3 is 0 Å². The Morgan fingerprint density at radius 2 is 1.50 bits per heavy atom. The van der Waals surface area contributed by atoms with Crippen LogP contribution in [0.25, 0.3) is 22.2 Å². The van der Waals surface area contributed by atoms with Crippen molar-refractivity contribution in [3.63, 3.8) is 0 Å². The van der Waals surface area contributed by atoms with Gasteiger partial charge in [0.2, 0.25) is 0 Å². The molecule has 0 atom stereocenters. The van der Waals surface area contributed by atoms with Gasteiger partial charge in [-0.1, -0.05) is 43.2 Å². The SMILES string of the molecule is Cc1cc(C)cc(-c2ccc3cc(CC(C)(C)C(F)(F)F)ccc3n2)c1. The Hall–Kier alpha value is -2.36. The summed E-state index contributed by atoms with van der Waals surface area (Å²) in [5, 5.41) is 0.855. The van der Waals surface area contributed by atoms with Crippen molar-refractivity contribution in [2.75, 3.05) is 0 Å². The average Bonchev–Trinajstić information content (AvgIpc) is 2.52. The van der Waals surface area contributed by atoms with Crippen molar-refractivity contribution in [3.05, 3.63) is 65.2 Å². The number of fused-ring (bicyclic) bond motifs is 1. The highest BCUT2D eigenvalue weighted by Crippen LogP contribution is 2.40. The van der Waals surface area contributed by atoms with Gasteiger partial charge in [0.25, 0.3) is 0 Å². The first-order chi connectivity index (χ1) is 12.0. The molecule has 0 aliphatic carbocycles. The first-order valence-electron chi connectivity index (χ1n) is 8.60. The second-order valence-corrected chi connectivity index (χ2v) is 7.66. The minimum atomic E-state index is -4.23. The molecule has 1 heterocycles. The molecule has 0 spiro atoms. The van der Waals surface area contributed by atoms with Gasteiger partial charge in [-0.05, 0) is 56.2 Å². The van der Waals surface area contributed by atoms with Gasteiger partial charge in [0, 0.05) is 10.9 Å². The fraction of sp³-hybridized carbons (Fsp3) is 0.318. The number of benzene rings is 2. The Kier molecular flexibility index (Phi) is 4.55. The molecule has 0 aliphatic rings. The zero-order valence-corrected chi connectivity index (χ0v) is 15.4. The van der Waals surface area contributed by atoms with E-state index in [1.807, 2.05) is 32.0 Å². The van der Waals surface area contributed by atoms with Crippen LogP contribution >= 0.6 is 0 Å². The van der Waals surface area contributed by atoms with E-state index in [2.05, 4.69) is 18.2 Å². The van der Waals surface area contributed by atoms with Gasteiger partial charge in [-0.25, -0.2) is 4.98 Å². The molecule has 0 radical (unpaired) electrons. The number of halogens is 3. The number of nitrogens with zero attached hydrogens (tertiary/aromatic N) is 1. The number of hydrogen-bond donors (Lipinski definition) is 0. The van der Waals surface area contributed by atoms with Crippen LogP contribution in [-0.4, -0.2) is 11.2 Å². The van der Waals surface area contributed by atoms with Crippen LogP contribution in [-0.2, 0) is 6.42 Å². The second kappa shape index (κ2) is 6.42. The molecule has 1 aromatic heterocycles. The van der Waals surface area contributed by atoms with E-state index >= 15 is 0 Å². The number of rotatable bonds is 3. The largest absolute Gasteiger partial charge is 0.394 e. The third kappa shape index (κ3) is 3.74. The zero-order chi connectivity index (χ0) is 19.1. The molecule has 0 amide bonds. The maximum absolute atomic E-state index is 13.1. The van der Waals surface area contributed by atoms with Crippen molar-refractivity contribution in [2.24, 2.45) is 5.41 Å². The molecule has 0 fully saturated rings. The molecule has 26 heavy (non-hydrogen) atoms. The van der Waals surface area contributed by atoms with Crippen LogP contribution in [0.15, 0.2) is 48.5 Å². The predicted molar refractivity (Wildman–Crippen MR) is 100 cm³/mol. The van der Waals surface area contributed by atoms with E-state index in [1.54, 1.807) is 12.1 Å². The number of pyridine rings is 1. The van der Waals surface area contributed by atoms with Crippen LogP contribution in [0.3, 0.4) is 0 Å². The van der Waals surface area contributed by atoms with E-state index in [0.29, 0.717) is 5.56 Å². The second-order valence-electron chi connectivity index (χ2n) is 7.66. The van der Waals surface area contributed by atoms with E-state index in [0.717, 1.165) is 22.2 Å². The van der Waals surface area contributed by atoms with Crippen molar-refractivity contribution in [2.45, 2.75) is 40.3 Å². The standard InChI is InChI=1S/C22H22F3N/c1-14-9-15(2)11-18(10-14)20-8-6-17-12-16(5-7-19(17)26-20)13-21(3,4)22(23,24)25/h5-12H,13H2,1-4H3. The zero-order valence-electron chi connectivity index (χ0n) is 15.4. The fourth-order valence-electron chi connectivity index (χ4n) is 3.18. The molecule has 1 nitrogen and oxygen atoms in total.